The smallest absolute Gasteiger partial charge is 0.125 e. The second-order valence-electron chi connectivity index (χ2n) is 5.15. The van der Waals surface area contributed by atoms with Crippen molar-refractivity contribution in [2.45, 2.75) is 51.7 Å². The number of hydrazine groups is 1. The van der Waals surface area contributed by atoms with E-state index >= 15 is 0 Å². The molecule has 100 valence electrons. The van der Waals surface area contributed by atoms with Crippen LogP contribution in [-0.2, 0) is 6.54 Å². The number of rotatable bonds is 3. The minimum Gasteiger partial charge on any atom is -0.250 e. The van der Waals surface area contributed by atoms with Crippen molar-refractivity contribution in [2.75, 3.05) is 0 Å². The van der Waals surface area contributed by atoms with E-state index in [-0.39, 0.29) is 5.82 Å². The first-order valence-electron chi connectivity index (χ1n) is 6.53. The lowest BCUT2D eigenvalue weighted by Crippen LogP contribution is -2.51. The van der Waals surface area contributed by atoms with E-state index in [1.165, 1.54) is 31.4 Å². The molecular formula is C14H20ClFN2. The minimum absolute atomic E-state index is 0.279. The van der Waals surface area contributed by atoms with Crippen molar-refractivity contribution in [3.8, 4) is 0 Å². The molecule has 0 bridgehead atoms. The Morgan fingerprint density at radius 3 is 2.56 bits per heavy atom. The lowest BCUT2D eigenvalue weighted by atomic mass is 10.00. The van der Waals surface area contributed by atoms with Gasteiger partial charge in [-0.25, -0.2) is 9.40 Å². The van der Waals surface area contributed by atoms with E-state index in [4.69, 9.17) is 11.6 Å². The van der Waals surface area contributed by atoms with Crippen LogP contribution < -0.4 is 5.43 Å². The van der Waals surface area contributed by atoms with Gasteiger partial charge in [0.05, 0.1) is 0 Å². The molecule has 2 rings (SSSR count). The molecule has 1 aliphatic rings. The Kier molecular flexibility index (Phi) is 4.60. The highest BCUT2D eigenvalue weighted by molar-refractivity contribution is 6.30. The van der Waals surface area contributed by atoms with Crippen LogP contribution in [0, 0.1) is 5.82 Å². The van der Waals surface area contributed by atoms with Gasteiger partial charge in [0.1, 0.15) is 5.82 Å². The number of benzene rings is 1. The van der Waals surface area contributed by atoms with E-state index < -0.39 is 0 Å². The van der Waals surface area contributed by atoms with Gasteiger partial charge in [-0.2, -0.15) is 0 Å². The topological polar surface area (TPSA) is 15.3 Å². The summed E-state index contributed by atoms with van der Waals surface area (Å²) in [7, 11) is 0. The van der Waals surface area contributed by atoms with E-state index in [1.807, 2.05) is 0 Å². The lowest BCUT2D eigenvalue weighted by Gasteiger charge is -2.39. The van der Waals surface area contributed by atoms with Crippen LogP contribution in [0.1, 0.15) is 38.7 Å². The normalized spacial score (nSPS) is 25.3. The molecule has 1 heterocycles. The Morgan fingerprint density at radius 1 is 1.28 bits per heavy atom. The quantitative estimate of drug-likeness (QED) is 0.900. The number of piperidine rings is 1. The summed E-state index contributed by atoms with van der Waals surface area (Å²) < 4.78 is 13.2. The van der Waals surface area contributed by atoms with E-state index in [0.717, 1.165) is 5.56 Å². The zero-order chi connectivity index (χ0) is 13.1. The first-order chi connectivity index (χ1) is 8.56. The standard InChI is InChI=1S/C14H20ClFN2/c1-10-4-3-5-11(2)18(10)17-9-12-6-13(15)8-14(16)7-12/h6-8,10-11,17H,3-5,9H2,1-2H3. The van der Waals surface area contributed by atoms with Crippen molar-refractivity contribution in [3.63, 3.8) is 0 Å². The molecule has 1 saturated heterocycles. The third-order valence-corrected chi connectivity index (χ3v) is 3.80. The van der Waals surface area contributed by atoms with E-state index in [1.54, 1.807) is 6.07 Å². The van der Waals surface area contributed by atoms with Crippen LogP contribution in [0.25, 0.3) is 0 Å². The van der Waals surface area contributed by atoms with E-state index in [2.05, 4.69) is 24.3 Å². The molecule has 1 fully saturated rings. The van der Waals surface area contributed by atoms with Crippen LogP contribution in [0.2, 0.25) is 5.02 Å². The second-order valence-corrected chi connectivity index (χ2v) is 5.59. The van der Waals surface area contributed by atoms with Gasteiger partial charge >= 0.3 is 0 Å². The van der Waals surface area contributed by atoms with Crippen molar-refractivity contribution in [3.05, 3.63) is 34.6 Å². The summed E-state index contributed by atoms with van der Waals surface area (Å²) >= 11 is 5.85. The van der Waals surface area contributed by atoms with Gasteiger partial charge in [-0.15, -0.1) is 0 Å². The lowest BCUT2D eigenvalue weighted by molar-refractivity contribution is 0.0435. The summed E-state index contributed by atoms with van der Waals surface area (Å²) in [6.45, 7) is 5.06. The Bertz CT molecular complexity index is 381. The average molecular weight is 271 g/mol. The zero-order valence-corrected chi connectivity index (χ0v) is 11.7. The molecule has 0 spiro atoms. The molecule has 0 aromatic heterocycles. The Hall–Kier alpha value is -0.640. The summed E-state index contributed by atoms with van der Waals surface area (Å²) in [5.41, 5.74) is 4.28. The van der Waals surface area contributed by atoms with Gasteiger partial charge < -0.3 is 0 Å². The molecule has 2 unspecified atom stereocenters. The monoisotopic (exact) mass is 270 g/mol. The van der Waals surface area contributed by atoms with Crippen molar-refractivity contribution < 1.29 is 4.39 Å². The molecule has 0 radical (unpaired) electrons. The maximum absolute atomic E-state index is 13.2. The number of halogens is 2. The molecule has 2 atom stereocenters. The van der Waals surface area contributed by atoms with Gasteiger partial charge in [0.15, 0.2) is 0 Å². The molecular weight excluding hydrogens is 251 g/mol. The van der Waals surface area contributed by atoms with Crippen LogP contribution in [0.4, 0.5) is 4.39 Å². The van der Waals surface area contributed by atoms with E-state index in [9.17, 15) is 4.39 Å². The van der Waals surface area contributed by atoms with Crippen LogP contribution in [0.3, 0.4) is 0 Å². The van der Waals surface area contributed by atoms with Crippen LogP contribution in [0.5, 0.6) is 0 Å². The van der Waals surface area contributed by atoms with Gasteiger partial charge in [0.2, 0.25) is 0 Å². The van der Waals surface area contributed by atoms with Gasteiger partial charge in [-0.3, -0.25) is 5.43 Å². The van der Waals surface area contributed by atoms with Crippen molar-refractivity contribution >= 4 is 11.6 Å². The average Bonchev–Trinajstić information content (AvgIpc) is 2.27. The highest BCUT2D eigenvalue weighted by Crippen LogP contribution is 2.21. The molecule has 18 heavy (non-hydrogen) atoms. The molecule has 1 N–H and O–H groups in total. The molecule has 1 aliphatic heterocycles. The third kappa shape index (κ3) is 3.44. The zero-order valence-electron chi connectivity index (χ0n) is 10.9. The summed E-state index contributed by atoms with van der Waals surface area (Å²) in [6, 6.07) is 5.71. The first-order valence-corrected chi connectivity index (χ1v) is 6.91. The summed E-state index contributed by atoms with van der Waals surface area (Å²) in [5, 5.41) is 2.73. The SMILES string of the molecule is CC1CCCC(C)N1NCc1cc(F)cc(Cl)c1. The second kappa shape index (κ2) is 6.00. The summed E-state index contributed by atoms with van der Waals surface area (Å²) in [5.74, 6) is -0.279. The maximum Gasteiger partial charge on any atom is 0.125 e. The van der Waals surface area contributed by atoms with Crippen LogP contribution in [-0.4, -0.2) is 17.1 Å². The summed E-state index contributed by atoms with van der Waals surface area (Å²) in [6.07, 6.45) is 3.70. The molecule has 4 heteroatoms. The fourth-order valence-electron chi connectivity index (χ4n) is 2.63. The van der Waals surface area contributed by atoms with Crippen LogP contribution in [0.15, 0.2) is 18.2 Å². The number of hydrogen-bond acceptors (Lipinski definition) is 2. The molecule has 0 saturated carbocycles. The molecule has 1 aromatic rings. The highest BCUT2D eigenvalue weighted by atomic mass is 35.5. The Labute approximate surface area is 113 Å². The van der Waals surface area contributed by atoms with Crippen molar-refractivity contribution in [1.29, 1.82) is 0 Å². The highest BCUT2D eigenvalue weighted by Gasteiger charge is 2.24. The van der Waals surface area contributed by atoms with E-state index in [0.29, 0.717) is 23.7 Å². The van der Waals surface area contributed by atoms with Crippen molar-refractivity contribution in [1.82, 2.24) is 10.4 Å². The number of hydrogen-bond donors (Lipinski definition) is 1. The summed E-state index contributed by atoms with van der Waals surface area (Å²) in [4.78, 5) is 0. The molecule has 0 aliphatic carbocycles. The largest absolute Gasteiger partial charge is 0.250 e. The maximum atomic E-state index is 13.2. The molecule has 2 nitrogen and oxygen atoms in total. The van der Waals surface area contributed by atoms with Gasteiger partial charge in [-0.05, 0) is 50.5 Å². The number of nitrogens with one attached hydrogen (secondary N) is 1. The van der Waals surface area contributed by atoms with Gasteiger partial charge in [0, 0.05) is 23.7 Å². The van der Waals surface area contributed by atoms with Gasteiger partial charge in [0.25, 0.3) is 0 Å². The Balaban J connectivity index is 1.97. The predicted octanol–water partition coefficient (Wildman–Crippen LogP) is 3.75. The first kappa shape index (κ1) is 13.8. The fraction of sp³-hybridized carbons (Fsp3) is 0.571. The predicted molar refractivity (Wildman–Crippen MR) is 72.9 cm³/mol. The molecule has 1 aromatic carbocycles. The molecule has 0 amide bonds. The minimum atomic E-state index is -0.279. The van der Waals surface area contributed by atoms with Gasteiger partial charge in [-0.1, -0.05) is 18.0 Å². The third-order valence-electron chi connectivity index (χ3n) is 3.58. The van der Waals surface area contributed by atoms with Crippen LogP contribution >= 0.6 is 11.6 Å². The Morgan fingerprint density at radius 2 is 1.94 bits per heavy atom. The number of nitrogens with zero attached hydrogens (tertiary/aromatic N) is 1. The van der Waals surface area contributed by atoms with Crippen molar-refractivity contribution in [2.24, 2.45) is 0 Å². The fourth-order valence-corrected chi connectivity index (χ4v) is 2.87.